The molecule has 1 aromatic heterocycles. The molecule has 0 spiro atoms. The van der Waals surface area contributed by atoms with Gasteiger partial charge in [0.1, 0.15) is 17.0 Å². The van der Waals surface area contributed by atoms with Gasteiger partial charge >= 0.3 is 11.9 Å². The Labute approximate surface area is 194 Å². The summed E-state index contributed by atoms with van der Waals surface area (Å²) < 4.78 is 17.4. The zero-order valence-electron chi connectivity index (χ0n) is 19.8. The van der Waals surface area contributed by atoms with Crippen LogP contribution in [-0.2, 0) is 9.47 Å². The Kier molecular flexibility index (Phi) is 7.87. The smallest absolute Gasteiger partial charge is 0.357 e. The topological polar surface area (TPSA) is 79.7 Å². The molecule has 1 heterocycles. The lowest BCUT2D eigenvalue weighted by atomic mass is 9.96. The van der Waals surface area contributed by atoms with Gasteiger partial charge in [-0.3, -0.25) is 0 Å². The first-order valence-electron chi connectivity index (χ1n) is 11.0. The first-order valence-corrected chi connectivity index (χ1v) is 11.0. The zero-order chi connectivity index (χ0) is 24.0. The van der Waals surface area contributed by atoms with E-state index in [1.807, 2.05) is 44.2 Å². The van der Waals surface area contributed by atoms with Gasteiger partial charge in [0.15, 0.2) is 5.69 Å². The third kappa shape index (κ3) is 5.08. The summed E-state index contributed by atoms with van der Waals surface area (Å²) in [6, 6.07) is 13.0. The molecule has 7 heteroatoms. The van der Waals surface area contributed by atoms with E-state index in [0.29, 0.717) is 18.0 Å². The molecular formula is C26H30N2O5. The van der Waals surface area contributed by atoms with Crippen molar-refractivity contribution in [1.29, 1.82) is 0 Å². The Bertz CT molecular complexity index is 1110. The van der Waals surface area contributed by atoms with Crippen LogP contribution in [0, 0.1) is 13.8 Å². The van der Waals surface area contributed by atoms with Gasteiger partial charge in [0, 0.05) is 5.56 Å². The minimum atomic E-state index is -0.677. The number of methoxy groups -OCH3 is 2. The maximum absolute atomic E-state index is 12.9. The maximum atomic E-state index is 12.9. The van der Waals surface area contributed by atoms with Crippen molar-refractivity contribution in [2.24, 2.45) is 0 Å². The molecule has 0 bridgehead atoms. The third-order valence-corrected chi connectivity index (χ3v) is 5.41. The van der Waals surface area contributed by atoms with Gasteiger partial charge in [-0.2, -0.15) is 5.10 Å². The fraction of sp³-hybridized carbons (Fsp3) is 0.346. The van der Waals surface area contributed by atoms with E-state index in [2.05, 4.69) is 6.92 Å². The largest absolute Gasteiger partial charge is 0.494 e. The Hall–Kier alpha value is -3.61. The van der Waals surface area contributed by atoms with Crippen LogP contribution < -0.4 is 4.74 Å². The van der Waals surface area contributed by atoms with Crippen LogP contribution in [0.3, 0.4) is 0 Å². The molecule has 0 amide bonds. The van der Waals surface area contributed by atoms with Gasteiger partial charge in [-0.25, -0.2) is 14.3 Å². The summed E-state index contributed by atoms with van der Waals surface area (Å²) in [5.74, 6) is -0.574. The van der Waals surface area contributed by atoms with Gasteiger partial charge in [-0.15, -0.1) is 0 Å². The highest BCUT2D eigenvalue weighted by Gasteiger charge is 2.32. The molecule has 174 valence electrons. The van der Waals surface area contributed by atoms with E-state index in [-0.39, 0.29) is 11.3 Å². The third-order valence-electron chi connectivity index (χ3n) is 5.41. The van der Waals surface area contributed by atoms with E-state index in [1.165, 1.54) is 18.9 Å². The molecule has 3 aromatic rings. The average Bonchev–Trinajstić information content (AvgIpc) is 3.21. The first-order chi connectivity index (χ1) is 15.9. The molecule has 0 aliphatic rings. The van der Waals surface area contributed by atoms with E-state index >= 15 is 0 Å². The highest BCUT2D eigenvalue weighted by molar-refractivity contribution is 6.07. The highest BCUT2D eigenvalue weighted by atomic mass is 16.5. The van der Waals surface area contributed by atoms with Crippen LogP contribution in [0.2, 0.25) is 0 Å². The summed E-state index contributed by atoms with van der Waals surface area (Å²) >= 11 is 0. The summed E-state index contributed by atoms with van der Waals surface area (Å²) in [7, 11) is 2.55. The Balaban J connectivity index is 2.19. The molecule has 0 saturated carbocycles. The number of ether oxygens (including phenoxy) is 3. The van der Waals surface area contributed by atoms with Gasteiger partial charge in [0.05, 0.1) is 26.5 Å². The van der Waals surface area contributed by atoms with Gasteiger partial charge in [0.2, 0.25) is 0 Å². The summed E-state index contributed by atoms with van der Waals surface area (Å²) in [4.78, 5) is 25.7. The van der Waals surface area contributed by atoms with E-state index in [0.717, 1.165) is 41.7 Å². The van der Waals surface area contributed by atoms with Crippen LogP contribution in [-0.4, -0.2) is 42.5 Å². The van der Waals surface area contributed by atoms with E-state index in [9.17, 15) is 9.59 Å². The van der Waals surface area contributed by atoms with Gasteiger partial charge in [0.25, 0.3) is 0 Å². The van der Waals surface area contributed by atoms with Crippen molar-refractivity contribution >= 4 is 11.9 Å². The second kappa shape index (κ2) is 10.8. The standard InChI is InChI=1S/C26H30N2O5/c1-6-7-11-14-33-20-15-17(2)21(18(3)16-20)23-22(25(29)31-4)24(26(30)32-5)28(27-23)19-12-9-8-10-13-19/h8-10,12-13,15-16H,6-7,11,14H2,1-5H3. The number of aromatic nitrogens is 2. The minimum Gasteiger partial charge on any atom is -0.494 e. The molecule has 0 unspecified atom stereocenters. The average molecular weight is 451 g/mol. The molecule has 0 saturated heterocycles. The van der Waals surface area contributed by atoms with Crippen LogP contribution in [0.15, 0.2) is 42.5 Å². The molecule has 33 heavy (non-hydrogen) atoms. The number of nitrogens with zero attached hydrogens (tertiary/aromatic N) is 2. The monoisotopic (exact) mass is 450 g/mol. The lowest BCUT2D eigenvalue weighted by molar-refractivity contribution is 0.0549. The maximum Gasteiger partial charge on any atom is 0.357 e. The molecular weight excluding hydrogens is 420 g/mol. The molecule has 7 nitrogen and oxygen atoms in total. The number of hydrogen-bond donors (Lipinski definition) is 0. The molecule has 0 fully saturated rings. The summed E-state index contributed by atoms with van der Waals surface area (Å²) in [6.45, 7) is 6.66. The summed E-state index contributed by atoms with van der Waals surface area (Å²) in [6.07, 6.45) is 3.24. The van der Waals surface area contributed by atoms with Crippen molar-refractivity contribution in [2.45, 2.75) is 40.0 Å². The first kappa shape index (κ1) is 24.0. The molecule has 3 rings (SSSR count). The van der Waals surface area contributed by atoms with Crippen LogP contribution in [0.5, 0.6) is 5.75 Å². The Morgan fingerprint density at radius 1 is 0.939 bits per heavy atom. The van der Waals surface area contributed by atoms with Gasteiger partial charge in [-0.05, 0) is 55.7 Å². The van der Waals surface area contributed by atoms with E-state index in [4.69, 9.17) is 19.3 Å². The van der Waals surface area contributed by atoms with Crippen molar-refractivity contribution in [1.82, 2.24) is 9.78 Å². The second-order valence-corrected chi connectivity index (χ2v) is 7.79. The van der Waals surface area contributed by atoms with Crippen LogP contribution in [0.1, 0.15) is 58.2 Å². The van der Waals surface area contributed by atoms with Crippen molar-refractivity contribution in [3.05, 3.63) is 64.8 Å². The fourth-order valence-electron chi connectivity index (χ4n) is 3.85. The van der Waals surface area contributed by atoms with Crippen molar-refractivity contribution in [3.63, 3.8) is 0 Å². The van der Waals surface area contributed by atoms with E-state index in [1.54, 1.807) is 12.1 Å². The SMILES string of the molecule is CCCCCOc1cc(C)c(-c2nn(-c3ccccc3)c(C(=O)OC)c2C(=O)OC)c(C)c1. The van der Waals surface area contributed by atoms with Gasteiger partial charge < -0.3 is 14.2 Å². The normalized spacial score (nSPS) is 10.7. The quantitative estimate of drug-likeness (QED) is 0.325. The van der Waals surface area contributed by atoms with Crippen LogP contribution in [0.25, 0.3) is 16.9 Å². The molecule has 0 aliphatic heterocycles. The highest BCUT2D eigenvalue weighted by Crippen LogP contribution is 2.35. The number of esters is 2. The zero-order valence-corrected chi connectivity index (χ0v) is 19.8. The lowest BCUT2D eigenvalue weighted by Gasteiger charge is -2.13. The van der Waals surface area contributed by atoms with Crippen molar-refractivity contribution < 1.29 is 23.8 Å². The Morgan fingerprint density at radius 2 is 1.58 bits per heavy atom. The van der Waals surface area contributed by atoms with Gasteiger partial charge in [-0.1, -0.05) is 38.0 Å². The molecule has 0 N–H and O–H groups in total. The fourth-order valence-corrected chi connectivity index (χ4v) is 3.85. The van der Waals surface area contributed by atoms with Crippen molar-refractivity contribution in [3.8, 4) is 22.7 Å². The number of carbonyl (C=O) groups excluding carboxylic acids is 2. The van der Waals surface area contributed by atoms with Crippen LogP contribution in [0.4, 0.5) is 0 Å². The lowest BCUT2D eigenvalue weighted by Crippen LogP contribution is -2.15. The predicted molar refractivity (Wildman–Crippen MR) is 126 cm³/mol. The Morgan fingerprint density at radius 3 is 2.15 bits per heavy atom. The number of carbonyl (C=O) groups is 2. The number of unbranched alkanes of at least 4 members (excludes halogenated alkanes) is 2. The predicted octanol–water partition coefficient (Wildman–Crippen LogP) is 5.30. The number of hydrogen-bond acceptors (Lipinski definition) is 6. The second-order valence-electron chi connectivity index (χ2n) is 7.79. The molecule has 0 atom stereocenters. The number of para-hydroxylation sites is 1. The number of aryl methyl sites for hydroxylation is 2. The summed E-state index contributed by atoms with van der Waals surface area (Å²) in [5.41, 5.74) is 3.56. The van der Waals surface area contributed by atoms with E-state index < -0.39 is 11.9 Å². The summed E-state index contributed by atoms with van der Waals surface area (Å²) in [5, 5.41) is 4.70. The number of benzene rings is 2. The molecule has 0 radical (unpaired) electrons. The minimum absolute atomic E-state index is 0.0178. The molecule has 0 aliphatic carbocycles. The molecule has 2 aromatic carbocycles. The van der Waals surface area contributed by atoms with Crippen molar-refractivity contribution in [2.75, 3.05) is 20.8 Å². The number of rotatable bonds is 9. The van der Waals surface area contributed by atoms with Crippen LogP contribution >= 0.6 is 0 Å².